The standard InChI is InChI=1S/C22H20N2O6S/c1-3-29-22(26)20-18(15-5-4-6-16(11-15)24(27)28)13-31-21(20)23-19(25)12-30-17-9-7-14(2)8-10-17/h4-11,13H,3,12H2,1-2H3,(H,23,25). The lowest BCUT2D eigenvalue weighted by molar-refractivity contribution is -0.384. The fraction of sp³-hybridized carbons (Fsp3) is 0.182. The summed E-state index contributed by atoms with van der Waals surface area (Å²) < 4.78 is 10.6. The van der Waals surface area contributed by atoms with E-state index in [-0.39, 0.29) is 29.5 Å². The van der Waals surface area contributed by atoms with E-state index in [9.17, 15) is 19.7 Å². The van der Waals surface area contributed by atoms with Crippen molar-refractivity contribution in [1.29, 1.82) is 0 Å². The van der Waals surface area contributed by atoms with Crippen LogP contribution in [0.1, 0.15) is 22.8 Å². The Balaban J connectivity index is 1.83. The molecule has 160 valence electrons. The highest BCUT2D eigenvalue weighted by Crippen LogP contribution is 2.37. The number of ether oxygens (including phenoxy) is 2. The SMILES string of the molecule is CCOC(=O)c1c(-c2cccc([N+](=O)[O-])c2)csc1NC(=O)COc1ccc(C)cc1. The van der Waals surface area contributed by atoms with Gasteiger partial charge in [-0.25, -0.2) is 4.79 Å². The van der Waals surface area contributed by atoms with Gasteiger partial charge in [-0.15, -0.1) is 11.3 Å². The van der Waals surface area contributed by atoms with Crippen LogP contribution < -0.4 is 10.1 Å². The van der Waals surface area contributed by atoms with Crippen LogP contribution >= 0.6 is 11.3 Å². The number of carbonyl (C=O) groups excluding carboxylic acids is 2. The summed E-state index contributed by atoms with van der Waals surface area (Å²) in [5, 5.41) is 15.7. The highest BCUT2D eigenvalue weighted by atomic mass is 32.1. The molecule has 3 aromatic rings. The van der Waals surface area contributed by atoms with Crippen LogP contribution in [0.25, 0.3) is 11.1 Å². The van der Waals surface area contributed by atoms with E-state index < -0.39 is 16.8 Å². The van der Waals surface area contributed by atoms with Crippen LogP contribution in [0.5, 0.6) is 5.75 Å². The first kappa shape index (κ1) is 22.0. The van der Waals surface area contributed by atoms with Gasteiger partial charge in [0.2, 0.25) is 0 Å². The summed E-state index contributed by atoms with van der Waals surface area (Å²) >= 11 is 1.13. The molecule has 1 N–H and O–H groups in total. The summed E-state index contributed by atoms with van der Waals surface area (Å²) in [5.74, 6) is -0.520. The molecule has 0 bridgehead atoms. The minimum absolute atomic E-state index is 0.101. The average Bonchev–Trinajstić information content (AvgIpc) is 3.17. The lowest BCUT2D eigenvalue weighted by Crippen LogP contribution is -2.21. The van der Waals surface area contributed by atoms with Gasteiger partial charge < -0.3 is 14.8 Å². The Morgan fingerprint density at radius 3 is 2.58 bits per heavy atom. The van der Waals surface area contributed by atoms with Crippen molar-refractivity contribution in [3.8, 4) is 16.9 Å². The minimum atomic E-state index is -0.625. The highest BCUT2D eigenvalue weighted by Gasteiger charge is 2.23. The van der Waals surface area contributed by atoms with Gasteiger partial charge in [0.1, 0.15) is 16.3 Å². The predicted molar refractivity (Wildman–Crippen MR) is 118 cm³/mol. The number of benzene rings is 2. The molecule has 0 atom stereocenters. The number of anilines is 1. The Labute approximate surface area is 182 Å². The molecule has 2 aromatic carbocycles. The van der Waals surface area contributed by atoms with Gasteiger partial charge in [-0.1, -0.05) is 29.8 Å². The van der Waals surface area contributed by atoms with Crippen LogP contribution in [-0.4, -0.2) is 30.0 Å². The maximum Gasteiger partial charge on any atom is 0.341 e. The molecule has 0 aliphatic rings. The fourth-order valence-corrected chi connectivity index (χ4v) is 3.77. The molecule has 1 aromatic heterocycles. The third-order valence-corrected chi connectivity index (χ3v) is 5.18. The lowest BCUT2D eigenvalue weighted by atomic mass is 10.0. The number of amides is 1. The molecule has 1 amide bonds. The van der Waals surface area contributed by atoms with Crippen molar-refractivity contribution in [3.63, 3.8) is 0 Å². The maximum absolute atomic E-state index is 12.6. The van der Waals surface area contributed by atoms with Gasteiger partial charge in [0.05, 0.1) is 11.5 Å². The second-order valence-corrected chi connectivity index (χ2v) is 7.41. The number of thiophene rings is 1. The van der Waals surface area contributed by atoms with Crippen LogP contribution in [0.2, 0.25) is 0 Å². The Bertz CT molecular complexity index is 1110. The summed E-state index contributed by atoms with van der Waals surface area (Å²) in [6, 6.07) is 13.2. The van der Waals surface area contributed by atoms with Gasteiger partial charge in [-0.2, -0.15) is 0 Å². The quantitative estimate of drug-likeness (QED) is 0.305. The molecule has 3 rings (SSSR count). The van der Waals surface area contributed by atoms with E-state index in [0.717, 1.165) is 16.9 Å². The lowest BCUT2D eigenvalue weighted by Gasteiger charge is -2.10. The fourth-order valence-electron chi connectivity index (χ4n) is 2.80. The minimum Gasteiger partial charge on any atom is -0.484 e. The Hall–Kier alpha value is -3.72. The van der Waals surface area contributed by atoms with E-state index in [0.29, 0.717) is 16.9 Å². The van der Waals surface area contributed by atoms with Crippen molar-refractivity contribution in [3.05, 3.63) is 75.2 Å². The molecule has 31 heavy (non-hydrogen) atoms. The van der Waals surface area contributed by atoms with Crippen LogP contribution in [0, 0.1) is 17.0 Å². The summed E-state index contributed by atoms with van der Waals surface area (Å²) in [4.78, 5) is 35.6. The smallest absolute Gasteiger partial charge is 0.341 e. The Morgan fingerprint density at radius 2 is 1.90 bits per heavy atom. The van der Waals surface area contributed by atoms with Crippen LogP contribution in [0.4, 0.5) is 10.7 Å². The van der Waals surface area contributed by atoms with E-state index in [2.05, 4.69) is 5.32 Å². The first-order valence-electron chi connectivity index (χ1n) is 9.41. The molecule has 9 heteroatoms. The molecule has 0 fully saturated rings. The third-order valence-electron chi connectivity index (χ3n) is 4.28. The van der Waals surface area contributed by atoms with Crippen molar-refractivity contribution in [2.45, 2.75) is 13.8 Å². The van der Waals surface area contributed by atoms with Crippen LogP contribution in [0.15, 0.2) is 53.9 Å². The zero-order chi connectivity index (χ0) is 22.4. The number of carbonyl (C=O) groups is 2. The number of nitrogens with one attached hydrogen (secondary N) is 1. The van der Waals surface area contributed by atoms with Crippen molar-refractivity contribution < 1.29 is 24.0 Å². The van der Waals surface area contributed by atoms with Gasteiger partial charge in [0.25, 0.3) is 11.6 Å². The van der Waals surface area contributed by atoms with E-state index in [4.69, 9.17) is 9.47 Å². The van der Waals surface area contributed by atoms with E-state index in [1.807, 2.05) is 19.1 Å². The molecule has 0 aliphatic heterocycles. The molecule has 0 radical (unpaired) electrons. The predicted octanol–water partition coefficient (Wildman–Crippen LogP) is 4.83. The zero-order valence-corrected chi connectivity index (χ0v) is 17.7. The first-order chi connectivity index (χ1) is 14.9. The molecular formula is C22H20N2O6S. The Kier molecular flexibility index (Phi) is 6.99. The topological polar surface area (TPSA) is 108 Å². The summed E-state index contributed by atoms with van der Waals surface area (Å²) in [5.41, 5.74) is 2.04. The molecule has 0 unspecified atom stereocenters. The van der Waals surface area contributed by atoms with Crippen LogP contribution in [0.3, 0.4) is 0 Å². The number of nitro groups is 1. The largest absolute Gasteiger partial charge is 0.484 e. The Morgan fingerprint density at radius 1 is 1.16 bits per heavy atom. The number of esters is 1. The zero-order valence-electron chi connectivity index (χ0n) is 16.9. The van der Waals surface area contributed by atoms with Gasteiger partial charge in [0, 0.05) is 23.1 Å². The normalized spacial score (nSPS) is 10.4. The number of hydrogen-bond acceptors (Lipinski definition) is 7. The summed E-state index contributed by atoms with van der Waals surface area (Å²) in [7, 11) is 0. The van der Waals surface area contributed by atoms with Crippen molar-refractivity contribution in [2.24, 2.45) is 0 Å². The van der Waals surface area contributed by atoms with E-state index in [1.165, 1.54) is 18.2 Å². The molecule has 0 spiro atoms. The molecule has 0 saturated carbocycles. The van der Waals surface area contributed by atoms with Crippen molar-refractivity contribution in [1.82, 2.24) is 0 Å². The molecule has 0 aliphatic carbocycles. The number of non-ortho nitro benzene ring substituents is 1. The summed E-state index contributed by atoms with van der Waals surface area (Å²) in [6.45, 7) is 3.52. The summed E-state index contributed by atoms with van der Waals surface area (Å²) in [6.07, 6.45) is 0. The van der Waals surface area contributed by atoms with Crippen LogP contribution in [-0.2, 0) is 9.53 Å². The van der Waals surface area contributed by atoms with E-state index in [1.54, 1.807) is 30.5 Å². The highest BCUT2D eigenvalue weighted by molar-refractivity contribution is 7.15. The van der Waals surface area contributed by atoms with Gasteiger partial charge in [-0.05, 0) is 31.5 Å². The molecule has 1 heterocycles. The molecule has 0 saturated heterocycles. The number of rotatable bonds is 8. The maximum atomic E-state index is 12.6. The second kappa shape index (κ2) is 9.86. The monoisotopic (exact) mass is 440 g/mol. The van der Waals surface area contributed by atoms with Gasteiger partial charge in [0.15, 0.2) is 6.61 Å². The second-order valence-electron chi connectivity index (χ2n) is 6.53. The first-order valence-corrected chi connectivity index (χ1v) is 10.3. The van der Waals surface area contributed by atoms with Gasteiger partial charge in [-0.3, -0.25) is 14.9 Å². The molecular weight excluding hydrogens is 420 g/mol. The van der Waals surface area contributed by atoms with E-state index >= 15 is 0 Å². The van der Waals surface area contributed by atoms with Crippen molar-refractivity contribution in [2.75, 3.05) is 18.5 Å². The third kappa shape index (κ3) is 5.46. The van der Waals surface area contributed by atoms with Crippen molar-refractivity contribution >= 4 is 33.9 Å². The number of aryl methyl sites for hydroxylation is 1. The number of nitro benzene ring substituents is 1. The average molecular weight is 440 g/mol. The van der Waals surface area contributed by atoms with Gasteiger partial charge >= 0.3 is 5.97 Å². The number of nitrogens with zero attached hydrogens (tertiary/aromatic N) is 1. The molecule has 8 nitrogen and oxygen atoms in total. The number of hydrogen-bond donors (Lipinski definition) is 1.